The summed E-state index contributed by atoms with van der Waals surface area (Å²) in [5, 5.41) is 2.83. The zero-order valence-electron chi connectivity index (χ0n) is 12.5. The number of nitrogen functional groups attached to an aromatic ring is 1. The summed E-state index contributed by atoms with van der Waals surface area (Å²) in [7, 11) is 0. The topological polar surface area (TPSA) is 68.0 Å². The summed E-state index contributed by atoms with van der Waals surface area (Å²) in [5.74, 6) is -0.436. The van der Waals surface area contributed by atoms with Gasteiger partial charge in [-0.05, 0) is 43.2 Å². The Morgan fingerprint density at radius 1 is 1.36 bits per heavy atom. The van der Waals surface area contributed by atoms with Gasteiger partial charge in [-0.2, -0.15) is 0 Å². The first kappa shape index (κ1) is 17.9. The van der Waals surface area contributed by atoms with Crippen molar-refractivity contribution in [2.75, 3.05) is 5.73 Å². The Balaban J connectivity index is 0.00000242. The monoisotopic (exact) mass is 323 g/mol. The molecule has 0 aliphatic rings. The van der Waals surface area contributed by atoms with E-state index in [4.69, 9.17) is 5.73 Å². The van der Waals surface area contributed by atoms with E-state index < -0.39 is 0 Å². The molecule has 0 radical (unpaired) electrons. The molecule has 1 aromatic heterocycles. The van der Waals surface area contributed by atoms with Crippen LogP contribution < -0.4 is 11.1 Å². The van der Waals surface area contributed by atoms with Gasteiger partial charge in [-0.25, -0.2) is 4.39 Å². The number of pyridine rings is 1. The number of anilines is 1. The number of nitrogens with two attached hydrogens (primary N) is 1. The van der Waals surface area contributed by atoms with Crippen molar-refractivity contribution in [3.05, 3.63) is 59.2 Å². The van der Waals surface area contributed by atoms with Gasteiger partial charge in [0.15, 0.2) is 0 Å². The van der Waals surface area contributed by atoms with Gasteiger partial charge < -0.3 is 11.1 Å². The minimum absolute atomic E-state index is 0. The minimum Gasteiger partial charge on any atom is -0.397 e. The third-order valence-electron chi connectivity index (χ3n) is 3.26. The third-order valence-corrected chi connectivity index (χ3v) is 3.26. The van der Waals surface area contributed by atoms with Crippen molar-refractivity contribution < 1.29 is 9.18 Å². The van der Waals surface area contributed by atoms with Crippen molar-refractivity contribution in [3.8, 4) is 0 Å². The van der Waals surface area contributed by atoms with Gasteiger partial charge in [0, 0.05) is 5.69 Å². The number of hydrogen-bond acceptors (Lipinski definition) is 3. The summed E-state index contributed by atoms with van der Waals surface area (Å²) >= 11 is 0. The minimum atomic E-state index is -0.270. The van der Waals surface area contributed by atoms with Gasteiger partial charge in [-0.15, -0.1) is 12.4 Å². The first-order chi connectivity index (χ1) is 9.95. The number of halogens is 2. The van der Waals surface area contributed by atoms with Crippen LogP contribution in [-0.4, -0.2) is 10.9 Å². The molecule has 1 heterocycles. The molecular formula is C16H19ClFN3O. The number of rotatable bonds is 4. The molecule has 0 aliphatic heterocycles. The van der Waals surface area contributed by atoms with Crippen LogP contribution in [0, 0.1) is 12.7 Å². The lowest BCUT2D eigenvalue weighted by Gasteiger charge is -2.15. The zero-order valence-corrected chi connectivity index (χ0v) is 13.3. The maximum Gasteiger partial charge on any atom is 0.226 e. The molecule has 118 valence electrons. The van der Waals surface area contributed by atoms with E-state index in [1.807, 2.05) is 13.0 Å². The number of aromatic nitrogens is 1. The van der Waals surface area contributed by atoms with Crippen LogP contribution >= 0.6 is 12.4 Å². The molecule has 0 saturated heterocycles. The Kier molecular flexibility index (Phi) is 6.31. The summed E-state index contributed by atoms with van der Waals surface area (Å²) in [4.78, 5) is 16.0. The highest BCUT2D eigenvalue weighted by Gasteiger charge is 2.12. The summed E-state index contributed by atoms with van der Waals surface area (Å²) in [5.41, 5.74) is 8.06. The second-order valence-corrected chi connectivity index (χ2v) is 5.06. The number of aryl methyl sites for hydroxylation is 1. The van der Waals surface area contributed by atoms with Crippen LogP contribution in [-0.2, 0) is 11.2 Å². The zero-order chi connectivity index (χ0) is 15.4. The largest absolute Gasteiger partial charge is 0.397 e. The molecule has 1 unspecified atom stereocenters. The normalized spacial score (nSPS) is 11.4. The molecule has 0 saturated carbocycles. The van der Waals surface area contributed by atoms with Crippen LogP contribution in [0.2, 0.25) is 0 Å². The summed E-state index contributed by atoms with van der Waals surface area (Å²) in [6.45, 7) is 3.52. The second kappa shape index (κ2) is 7.75. The number of carbonyl (C=O) groups excluding carboxylic acids is 1. The van der Waals surface area contributed by atoms with Crippen molar-refractivity contribution in [2.45, 2.75) is 26.3 Å². The van der Waals surface area contributed by atoms with Gasteiger partial charge in [-0.1, -0.05) is 12.1 Å². The number of nitrogens with zero attached hydrogens (tertiary/aromatic N) is 1. The number of nitrogens with one attached hydrogen (secondary N) is 1. The first-order valence-electron chi connectivity index (χ1n) is 6.71. The second-order valence-electron chi connectivity index (χ2n) is 5.06. The first-order valence-corrected chi connectivity index (χ1v) is 6.71. The molecule has 1 aromatic carbocycles. The number of hydrogen-bond donors (Lipinski definition) is 2. The molecule has 0 aliphatic carbocycles. The Morgan fingerprint density at radius 2 is 2.09 bits per heavy atom. The SMILES string of the molecule is Cc1ccc(C(C)NC(=O)Cc2ccc(N)cn2)cc1F.Cl. The fourth-order valence-corrected chi connectivity index (χ4v) is 1.96. The van der Waals surface area contributed by atoms with Gasteiger partial charge in [0.1, 0.15) is 5.82 Å². The lowest BCUT2D eigenvalue weighted by Crippen LogP contribution is -2.28. The molecule has 0 fully saturated rings. The van der Waals surface area contributed by atoms with Crippen LogP contribution in [0.3, 0.4) is 0 Å². The third kappa shape index (κ3) is 4.70. The molecule has 4 nitrogen and oxygen atoms in total. The molecule has 2 rings (SSSR count). The van der Waals surface area contributed by atoms with Crippen molar-refractivity contribution >= 4 is 24.0 Å². The predicted molar refractivity (Wildman–Crippen MR) is 87.3 cm³/mol. The Labute approximate surface area is 135 Å². The van der Waals surface area contributed by atoms with Gasteiger partial charge >= 0.3 is 0 Å². The molecule has 3 N–H and O–H groups in total. The van der Waals surface area contributed by atoms with E-state index in [0.29, 0.717) is 16.9 Å². The van der Waals surface area contributed by atoms with E-state index in [1.54, 1.807) is 25.1 Å². The van der Waals surface area contributed by atoms with E-state index >= 15 is 0 Å². The van der Waals surface area contributed by atoms with Crippen molar-refractivity contribution in [1.29, 1.82) is 0 Å². The standard InChI is InChI=1S/C16H18FN3O.ClH/c1-10-3-4-12(7-15(10)17)11(2)20-16(21)8-14-6-5-13(18)9-19-14;/h3-7,9,11H,8,18H2,1-2H3,(H,20,21);1H. The van der Waals surface area contributed by atoms with Gasteiger partial charge in [0.05, 0.1) is 24.3 Å². The van der Waals surface area contributed by atoms with Crippen LogP contribution in [0.5, 0.6) is 0 Å². The van der Waals surface area contributed by atoms with Crippen LogP contribution in [0.15, 0.2) is 36.5 Å². The quantitative estimate of drug-likeness (QED) is 0.909. The van der Waals surface area contributed by atoms with E-state index in [-0.39, 0.29) is 36.6 Å². The van der Waals surface area contributed by atoms with E-state index in [0.717, 1.165) is 5.56 Å². The van der Waals surface area contributed by atoms with E-state index in [2.05, 4.69) is 10.3 Å². The molecule has 0 spiro atoms. The summed E-state index contributed by atoms with van der Waals surface area (Å²) < 4.78 is 13.5. The van der Waals surface area contributed by atoms with Gasteiger partial charge in [0.2, 0.25) is 5.91 Å². The van der Waals surface area contributed by atoms with Gasteiger partial charge in [-0.3, -0.25) is 9.78 Å². The highest BCUT2D eigenvalue weighted by molar-refractivity contribution is 5.85. The Hall–Kier alpha value is -2.14. The molecule has 2 aromatic rings. The number of amides is 1. The molecule has 1 amide bonds. The van der Waals surface area contributed by atoms with Crippen molar-refractivity contribution in [3.63, 3.8) is 0 Å². The number of benzene rings is 1. The van der Waals surface area contributed by atoms with Crippen LogP contribution in [0.4, 0.5) is 10.1 Å². The Bertz CT molecular complexity index is 646. The lowest BCUT2D eigenvalue weighted by molar-refractivity contribution is -0.121. The fraction of sp³-hybridized carbons (Fsp3) is 0.250. The van der Waals surface area contributed by atoms with E-state index in [9.17, 15) is 9.18 Å². The average Bonchev–Trinajstić information content (AvgIpc) is 2.44. The van der Waals surface area contributed by atoms with Crippen LogP contribution in [0.25, 0.3) is 0 Å². The highest BCUT2D eigenvalue weighted by Crippen LogP contribution is 2.16. The molecular weight excluding hydrogens is 305 g/mol. The average molecular weight is 324 g/mol. The van der Waals surface area contributed by atoms with Crippen molar-refractivity contribution in [1.82, 2.24) is 10.3 Å². The molecule has 22 heavy (non-hydrogen) atoms. The molecule has 1 atom stereocenters. The van der Waals surface area contributed by atoms with Crippen molar-refractivity contribution in [2.24, 2.45) is 0 Å². The lowest BCUT2D eigenvalue weighted by atomic mass is 10.1. The summed E-state index contributed by atoms with van der Waals surface area (Å²) in [6.07, 6.45) is 1.68. The smallest absolute Gasteiger partial charge is 0.226 e. The van der Waals surface area contributed by atoms with Crippen LogP contribution in [0.1, 0.15) is 29.8 Å². The maximum atomic E-state index is 13.5. The summed E-state index contributed by atoms with van der Waals surface area (Å²) in [6, 6.07) is 8.11. The predicted octanol–water partition coefficient (Wildman–Crippen LogP) is 2.95. The number of carbonyl (C=O) groups is 1. The molecule has 6 heteroatoms. The highest BCUT2D eigenvalue weighted by atomic mass is 35.5. The maximum absolute atomic E-state index is 13.5. The molecule has 0 bridgehead atoms. The van der Waals surface area contributed by atoms with Gasteiger partial charge in [0.25, 0.3) is 0 Å². The Morgan fingerprint density at radius 3 is 2.68 bits per heavy atom. The fourth-order valence-electron chi connectivity index (χ4n) is 1.96. The van der Waals surface area contributed by atoms with E-state index in [1.165, 1.54) is 12.3 Å².